The van der Waals surface area contributed by atoms with Crippen molar-refractivity contribution in [2.45, 2.75) is 24.9 Å². The molecule has 1 N–H and O–H groups in total. The van der Waals surface area contributed by atoms with E-state index < -0.39 is 0 Å². The maximum absolute atomic E-state index is 9.05. The van der Waals surface area contributed by atoms with Crippen molar-refractivity contribution in [1.82, 2.24) is 10.2 Å². The van der Waals surface area contributed by atoms with E-state index in [-0.39, 0.29) is 24.6 Å². The van der Waals surface area contributed by atoms with Gasteiger partial charge < -0.3 is 19.2 Å². The SMILES string of the molecule is CC1COC(CO)CN1c1nnc(CCl)o1. The van der Waals surface area contributed by atoms with Crippen LogP contribution in [0.5, 0.6) is 0 Å². The fourth-order valence-electron chi connectivity index (χ4n) is 1.61. The molecule has 1 saturated heterocycles. The Kier molecular flexibility index (Phi) is 3.63. The van der Waals surface area contributed by atoms with Crippen molar-refractivity contribution >= 4 is 17.6 Å². The van der Waals surface area contributed by atoms with Crippen LogP contribution in [0.25, 0.3) is 0 Å². The number of anilines is 1. The summed E-state index contributed by atoms with van der Waals surface area (Å²) >= 11 is 5.59. The summed E-state index contributed by atoms with van der Waals surface area (Å²) in [4.78, 5) is 1.92. The molecule has 6 nitrogen and oxygen atoms in total. The first-order chi connectivity index (χ1) is 7.74. The third-order valence-corrected chi connectivity index (χ3v) is 2.75. The molecule has 0 radical (unpaired) electrons. The average Bonchev–Trinajstić information content (AvgIpc) is 2.78. The number of aliphatic hydroxyl groups excluding tert-OH is 1. The molecule has 90 valence electrons. The molecular weight excluding hydrogens is 234 g/mol. The zero-order valence-corrected chi connectivity index (χ0v) is 9.72. The summed E-state index contributed by atoms with van der Waals surface area (Å²) < 4.78 is 10.8. The van der Waals surface area contributed by atoms with E-state index in [0.29, 0.717) is 25.1 Å². The molecule has 1 aromatic rings. The van der Waals surface area contributed by atoms with Crippen LogP contribution in [0.15, 0.2) is 4.42 Å². The van der Waals surface area contributed by atoms with Gasteiger partial charge >= 0.3 is 6.01 Å². The zero-order chi connectivity index (χ0) is 11.5. The predicted molar refractivity (Wildman–Crippen MR) is 57.5 cm³/mol. The Morgan fingerprint density at radius 3 is 3.00 bits per heavy atom. The maximum Gasteiger partial charge on any atom is 0.318 e. The van der Waals surface area contributed by atoms with Gasteiger partial charge in [-0.3, -0.25) is 0 Å². The standard InChI is InChI=1S/C9H14ClN3O3/c1-6-5-15-7(4-14)3-13(6)9-12-11-8(2-10)16-9/h6-7,14H,2-5H2,1H3. The largest absolute Gasteiger partial charge is 0.407 e. The second-order valence-corrected chi connectivity index (χ2v) is 4.02. The third-order valence-electron chi connectivity index (χ3n) is 2.53. The Hall–Kier alpha value is -0.850. The molecule has 0 amide bonds. The number of nitrogens with zero attached hydrogens (tertiary/aromatic N) is 3. The van der Waals surface area contributed by atoms with E-state index in [1.807, 2.05) is 11.8 Å². The second kappa shape index (κ2) is 4.99. The first-order valence-corrected chi connectivity index (χ1v) is 5.65. The summed E-state index contributed by atoms with van der Waals surface area (Å²) in [6.45, 7) is 3.06. The number of morpholine rings is 1. The van der Waals surface area contributed by atoms with Crippen molar-refractivity contribution < 1.29 is 14.3 Å². The summed E-state index contributed by atoms with van der Waals surface area (Å²) in [7, 11) is 0. The summed E-state index contributed by atoms with van der Waals surface area (Å²) in [5.74, 6) is 0.603. The molecular formula is C9H14ClN3O3. The lowest BCUT2D eigenvalue weighted by atomic mass is 10.2. The smallest absolute Gasteiger partial charge is 0.318 e. The van der Waals surface area contributed by atoms with E-state index in [1.165, 1.54) is 0 Å². The number of aliphatic hydroxyl groups is 1. The number of halogens is 1. The van der Waals surface area contributed by atoms with Crippen LogP contribution < -0.4 is 4.90 Å². The molecule has 7 heteroatoms. The molecule has 0 saturated carbocycles. The van der Waals surface area contributed by atoms with Crippen LogP contribution in [0.2, 0.25) is 0 Å². The van der Waals surface area contributed by atoms with Gasteiger partial charge in [0.15, 0.2) is 0 Å². The Labute approximate surface area is 98.2 Å². The molecule has 0 aliphatic carbocycles. The quantitative estimate of drug-likeness (QED) is 0.780. The van der Waals surface area contributed by atoms with Crippen LogP contribution >= 0.6 is 11.6 Å². The van der Waals surface area contributed by atoms with E-state index in [9.17, 15) is 0 Å². The molecule has 2 atom stereocenters. The Bertz CT molecular complexity index is 346. The van der Waals surface area contributed by atoms with E-state index in [1.54, 1.807) is 0 Å². The van der Waals surface area contributed by atoms with Gasteiger partial charge in [-0.1, -0.05) is 5.10 Å². The lowest BCUT2D eigenvalue weighted by molar-refractivity contribution is -0.0118. The zero-order valence-electron chi connectivity index (χ0n) is 8.97. The van der Waals surface area contributed by atoms with Crippen LogP contribution in [0, 0.1) is 0 Å². The van der Waals surface area contributed by atoms with E-state index in [2.05, 4.69) is 10.2 Å². The normalized spacial score (nSPS) is 26.1. The highest BCUT2D eigenvalue weighted by Crippen LogP contribution is 2.20. The Morgan fingerprint density at radius 1 is 1.56 bits per heavy atom. The highest BCUT2D eigenvalue weighted by Gasteiger charge is 2.29. The van der Waals surface area contributed by atoms with Gasteiger partial charge in [0.25, 0.3) is 0 Å². The minimum Gasteiger partial charge on any atom is -0.407 e. The van der Waals surface area contributed by atoms with E-state index in [0.717, 1.165) is 0 Å². The van der Waals surface area contributed by atoms with Crippen molar-refractivity contribution in [3.63, 3.8) is 0 Å². The summed E-state index contributed by atoms with van der Waals surface area (Å²) in [5.41, 5.74) is 0. The lowest BCUT2D eigenvalue weighted by Crippen LogP contribution is -2.49. The first-order valence-electron chi connectivity index (χ1n) is 5.12. The first kappa shape index (κ1) is 11.6. The van der Waals surface area contributed by atoms with Gasteiger partial charge in [0.2, 0.25) is 5.89 Å². The Balaban J connectivity index is 2.11. The minimum absolute atomic E-state index is 0.0142. The average molecular weight is 248 g/mol. The summed E-state index contributed by atoms with van der Waals surface area (Å²) in [5, 5.41) is 16.8. The molecule has 0 spiro atoms. The van der Waals surface area contributed by atoms with Crippen molar-refractivity contribution in [2.75, 3.05) is 24.7 Å². The van der Waals surface area contributed by atoms with E-state index >= 15 is 0 Å². The second-order valence-electron chi connectivity index (χ2n) is 3.75. The fourth-order valence-corrected chi connectivity index (χ4v) is 1.72. The molecule has 2 heterocycles. The van der Waals surface area contributed by atoms with Crippen molar-refractivity contribution in [3.05, 3.63) is 5.89 Å². The molecule has 2 unspecified atom stereocenters. The van der Waals surface area contributed by atoms with Crippen molar-refractivity contribution in [3.8, 4) is 0 Å². The third kappa shape index (κ3) is 2.28. The summed E-state index contributed by atoms with van der Waals surface area (Å²) in [6.07, 6.45) is -0.206. The molecule has 1 aliphatic rings. The Morgan fingerprint density at radius 2 is 2.38 bits per heavy atom. The molecule has 1 fully saturated rings. The number of ether oxygens (including phenoxy) is 1. The van der Waals surface area contributed by atoms with Gasteiger partial charge in [0.1, 0.15) is 5.88 Å². The minimum atomic E-state index is -0.206. The van der Waals surface area contributed by atoms with Gasteiger partial charge in [0, 0.05) is 0 Å². The molecule has 1 aromatic heterocycles. The molecule has 16 heavy (non-hydrogen) atoms. The molecule has 0 bridgehead atoms. The van der Waals surface area contributed by atoms with Crippen molar-refractivity contribution in [1.29, 1.82) is 0 Å². The van der Waals surface area contributed by atoms with Gasteiger partial charge in [-0.15, -0.1) is 16.7 Å². The number of hydrogen-bond donors (Lipinski definition) is 1. The number of rotatable bonds is 3. The molecule has 1 aliphatic heterocycles. The van der Waals surface area contributed by atoms with Gasteiger partial charge in [-0.25, -0.2) is 0 Å². The highest BCUT2D eigenvalue weighted by molar-refractivity contribution is 6.16. The predicted octanol–water partition coefficient (Wildman–Crippen LogP) is 0.394. The van der Waals surface area contributed by atoms with Crippen LogP contribution in [0.3, 0.4) is 0 Å². The maximum atomic E-state index is 9.05. The highest BCUT2D eigenvalue weighted by atomic mass is 35.5. The van der Waals surface area contributed by atoms with Crippen LogP contribution in [0.4, 0.5) is 6.01 Å². The summed E-state index contributed by atoms with van der Waals surface area (Å²) in [6, 6.07) is 0.580. The lowest BCUT2D eigenvalue weighted by Gasteiger charge is -2.35. The molecule has 2 rings (SSSR count). The van der Waals surface area contributed by atoms with Crippen molar-refractivity contribution in [2.24, 2.45) is 0 Å². The number of alkyl halides is 1. The van der Waals surface area contributed by atoms with Gasteiger partial charge in [-0.05, 0) is 6.92 Å². The van der Waals surface area contributed by atoms with E-state index in [4.69, 9.17) is 25.9 Å². The van der Waals surface area contributed by atoms with Gasteiger partial charge in [-0.2, -0.15) is 0 Å². The number of aromatic nitrogens is 2. The number of hydrogen-bond acceptors (Lipinski definition) is 6. The van der Waals surface area contributed by atoms with Crippen LogP contribution in [0.1, 0.15) is 12.8 Å². The monoisotopic (exact) mass is 247 g/mol. The topological polar surface area (TPSA) is 71.6 Å². The van der Waals surface area contributed by atoms with Gasteiger partial charge in [0.05, 0.1) is 31.9 Å². The van der Waals surface area contributed by atoms with Crippen LogP contribution in [-0.2, 0) is 10.6 Å². The van der Waals surface area contributed by atoms with Crippen LogP contribution in [-0.4, -0.2) is 47.2 Å². The molecule has 0 aromatic carbocycles. The fraction of sp³-hybridized carbons (Fsp3) is 0.778.